The van der Waals surface area contributed by atoms with Gasteiger partial charge in [-0.2, -0.15) is 0 Å². The third-order valence-corrected chi connectivity index (χ3v) is 3.74. The molecule has 112 valence electrons. The molecule has 0 spiro atoms. The van der Waals surface area contributed by atoms with Crippen LogP contribution in [-0.4, -0.2) is 13.7 Å². The van der Waals surface area contributed by atoms with E-state index in [1.807, 2.05) is 6.07 Å². The van der Waals surface area contributed by atoms with Crippen molar-refractivity contribution in [1.29, 1.82) is 0 Å². The number of ether oxygens (including phenoxy) is 1. The van der Waals surface area contributed by atoms with Crippen molar-refractivity contribution in [3.05, 3.63) is 71.8 Å². The Morgan fingerprint density at radius 1 is 0.857 bits per heavy atom. The molecule has 0 aliphatic rings. The minimum Gasteiger partial charge on any atom is -0.383 e. The standard InChI is InChI=1S/C19H25NO/c1-15(2)19(17-12-8-5-9-13-17)20-18(14-21-3)16-10-6-4-7-11-16/h4-13,15,18-20H,14H2,1-3H3/t18-,19-/m0/s1. The summed E-state index contributed by atoms with van der Waals surface area (Å²) in [7, 11) is 1.75. The first-order valence-electron chi connectivity index (χ1n) is 7.57. The number of hydrogen-bond acceptors (Lipinski definition) is 2. The summed E-state index contributed by atoms with van der Waals surface area (Å²) in [5, 5.41) is 3.76. The first-order chi connectivity index (χ1) is 10.2. The fourth-order valence-electron chi connectivity index (χ4n) is 2.64. The fourth-order valence-corrected chi connectivity index (χ4v) is 2.64. The van der Waals surface area contributed by atoms with Gasteiger partial charge in [-0.25, -0.2) is 0 Å². The summed E-state index contributed by atoms with van der Waals surface area (Å²) in [6.07, 6.45) is 0. The summed E-state index contributed by atoms with van der Waals surface area (Å²) in [6.45, 7) is 5.17. The van der Waals surface area contributed by atoms with Crippen molar-refractivity contribution in [2.75, 3.05) is 13.7 Å². The molecule has 0 aromatic heterocycles. The second kappa shape index (κ2) is 7.96. The lowest BCUT2D eigenvalue weighted by atomic mass is 9.94. The number of nitrogens with one attached hydrogen (secondary N) is 1. The van der Waals surface area contributed by atoms with Gasteiger partial charge in [0.25, 0.3) is 0 Å². The first kappa shape index (κ1) is 15.7. The van der Waals surface area contributed by atoms with E-state index in [0.29, 0.717) is 18.6 Å². The van der Waals surface area contributed by atoms with Crippen LogP contribution in [0.2, 0.25) is 0 Å². The van der Waals surface area contributed by atoms with Gasteiger partial charge in [0, 0.05) is 13.2 Å². The molecule has 2 aromatic carbocycles. The lowest BCUT2D eigenvalue weighted by Gasteiger charge is -2.29. The largest absolute Gasteiger partial charge is 0.383 e. The van der Waals surface area contributed by atoms with Crippen molar-refractivity contribution in [3.63, 3.8) is 0 Å². The van der Waals surface area contributed by atoms with E-state index in [9.17, 15) is 0 Å². The molecule has 0 saturated heterocycles. The number of hydrogen-bond donors (Lipinski definition) is 1. The van der Waals surface area contributed by atoms with Gasteiger partial charge >= 0.3 is 0 Å². The van der Waals surface area contributed by atoms with E-state index >= 15 is 0 Å². The zero-order chi connectivity index (χ0) is 15.1. The summed E-state index contributed by atoms with van der Waals surface area (Å²) in [5.74, 6) is 0.510. The van der Waals surface area contributed by atoms with Crippen LogP contribution in [0, 0.1) is 5.92 Å². The Morgan fingerprint density at radius 3 is 1.86 bits per heavy atom. The molecule has 2 nitrogen and oxygen atoms in total. The van der Waals surface area contributed by atoms with E-state index in [1.54, 1.807) is 7.11 Å². The van der Waals surface area contributed by atoms with Crippen LogP contribution in [0.3, 0.4) is 0 Å². The molecule has 2 aromatic rings. The second-order valence-corrected chi connectivity index (χ2v) is 5.72. The van der Waals surface area contributed by atoms with Crippen molar-refractivity contribution in [2.45, 2.75) is 25.9 Å². The van der Waals surface area contributed by atoms with Gasteiger partial charge in [-0.3, -0.25) is 0 Å². The van der Waals surface area contributed by atoms with Crippen LogP contribution in [-0.2, 0) is 4.74 Å². The average molecular weight is 283 g/mol. The van der Waals surface area contributed by atoms with Crippen LogP contribution in [0.4, 0.5) is 0 Å². The molecule has 0 unspecified atom stereocenters. The van der Waals surface area contributed by atoms with Gasteiger partial charge < -0.3 is 10.1 Å². The quantitative estimate of drug-likeness (QED) is 0.815. The molecule has 2 atom stereocenters. The van der Waals surface area contributed by atoms with Crippen LogP contribution in [0.15, 0.2) is 60.7 Å². The van der Waals surface area contributed by atoms with Crippen LogP contribution < -0.4 is 5.32 Å². The van der Waals surface area contributed by atoms with Crippen molar-refractivity contribution in [3.8, 4) is 0 Å². The van der Waals surface area contributed by atoms with Gasteiger partial charge in [0.2, 0.25) is 0 Å². The second-order valence-electron chi connectivity index (χ2n) is 5.72. The normalized spacial score (nSPS) is 14.1. The molecule has 2 heteroatoms. The molecule has 1 N–H and O–H groups in total. The highest BCUT2D eigenvalue weighted by Gasteiger charge is 2.20. The topological polar surface area (TPSA) is 21.3 Å². The Balaban J connectivity index is 2.21. The van der Waals surface area contributed by atoms with Gasteiger partial charge in [-0.1, -0.05) is 74.5 Å². The van der Waals surface area contributed by atoms with E-state index in [0.717, 1.165) is 0 Å². The van der Waals surface area contributed by atoms with Crippen LogP contribution in [0.25, 0.3) is 0 Å². The fraction of sp³-hybridized carbons (Fsp3) is 0.368. The van der Waals surface area contributed by atoms with Crippen LogP contribution >= 0.6 is 0 Å². The maximum Gasteiger partial charge on any atom is 0.0657 e. The summed E-state index contributed by atoms with van der Waals surface area (Å²) < 4.78 is 5.41. The molecular weight excluding hydrogens is 258 g/mol. The molecule has 21 heavy (non-hydrogen) atoms. The highest BCUT2D eigenvalue weighted by molar-refractivity contribution is 5.23. The zero-order valence-electron chi connectivity index (χ0n) is 13.1. The van der Waals surface area contributed by atoms with E-state index in [1.165, 1.54) is 11.1 Å². The number of rotatable bonds is 7. The summed E-state index contributed by atoms with van der Waals surface area (Å²) in [6, 6.07) is 21.6. The van der Waals surface area contributed by atoms with Crippen molar-refractivity contribution < 1.29 is 4.74 Å². The Kier molecular flexibility index (Phi) is 5.97. The monoisotopic (exact) mass is 283 g/mol. The summed E-state index contributed by atoms with van der Waals surface area (Å²) >= 11 is 0. The predicted molar refractivity (Wildman–Crippen MR) is 88.2 cm³/mol. The predicted octanol–water partition coefficient (Wildman–Crippen LogP) is 4.36. The van der Waals surface area contributed by atoms with Crippen molar-refractivity contribution in [1.82, 2.24) is 5.32 Å². The Morgan fingerprint density at radius 2 is 1.38 bits per heavy atom. The molecule has 0 bridgehead atoms. The smallest absolute Gasteiger partial charge is 0.0657 e. The lowest BCUT2D eigenvalue weighted by molar-refractivity contribution is 0.156. The Labute approximate surface area is 128 Å². The van der Waals surface area contributed by atoms with E-state index < -0.39 is 0 Å². The Bertz CT molecular complexity index is 510. The molecule has 0 fully saturated rings. The Hall–Kier alpha value is -1.64. The maximum absolute atomic E-state index is 5.41. The van der Waals surface area contributed by atoms with Crippen molar-refractivity contribution >= 4 is 0 Å². The first-order valence-corrected chi connectivity index (χ1v) is 7.57. The van der Waals surface area contributed by atoms with E-state index in [4.69, 9.17) is 4.74 Å². The molecular formula is C19H25NO. The van der Waals surface area contributed by atoms with Crippen LogP contribution in [0.5, 0.6) is 0 Å². The third-order valence-electron chi connectivity index (χ3n) is 3.74. The van der Waals surface area contributed by atoms with E-state index in [2.05, 4.69) is 73.8 Å². The molecule has 0 aliphatic carbocycles. The average Bonchev–Trinajstić information content (AvgIpc) is 2.52. The van der Waals surface area contributed by atoms with Gasteiger partial charge in [0.05, 0.1) is 12.6 Å². The number of benzene rings is 2. The van der Waals surface area contributed by atoms with Gasteiger partial charge in [0.15, 0.2) is 0 Å². The lowest BCUT2D eigenvalue weighted by Crippen LogP contribution is -2.32. The van der Waals surface area contributed by atoms with Gasteiger partial charge in [-0.05, 0) is 17.0 Å². The maximum atomic E-state index is 5.41. The minimum absolute atomic E-state index is 0.198. The molecule has 0 saturated carbocycles. The number of methoxy groups -OCH3 is 1. The van der Waals surface area contributed by atoms with Crippen LogP contribution in [0.1, 0.15) is 37.1 Å². The van der Waals surface area contributed by atoms with Gasteiger partial charge in [-0.15, -0.1) is 0 Å². The highest BCUT2D eigenvalue weighted by atomic mass is 16.5. The van der Waals surface area contributed by atoms with Gasteiger partial charge in [0.1, 0.15) is 0 Å². The molecule has 2 rings (SSSR count). The van der Waals surface area contributed by atoms with E-state index in [-0.39, 0.29) is 6.04 Å². The molecule has 0 heterocycles. The zero-order valence-corrected chi connectivity index (χ0v) is 13.1. The summed E-state index contributed by atoms with van der Waals surface area (Å²) in [5.41, 5.74) is 2.59. The van der Waals surface area contributed by atoms with Crippen molar-refractivity contribution in [2.24, 2.45) is 5.92 Å². The highest BCUT2D eigenvalue weighted by Crippen LogP contribution is 2.26. The third kappa shape index (κ3) is 4.42. The summed E-state index contributed by atoms with van der Waals surface area (Å²) in [4.78, 5) is 0. The SMILES string of the molecule is COC[C@H](N[C@H](c1ccccc1)C(C)C)c1ccccc1. The minimum atomic E-state index is 0.198. The molecule has 0 amide bonds. The molecule has 0 aliphatic heterocycles. The molecule has 0 radical (unpaired) electrons.